The number of rotatable bonds is 3. The average Bonchev–Trinajstić information content (AvgIpc) is 2.55. The fourth-order valence-electron chi connectivity index (χ4n) is 2.20. The zero-order chi connectivity index (χ0) is 14.2. The number of hydrogen-bond acceptors (Lipinski definition) is 3. The summed E-state index contributed by atoms with van der Waals surface area (Å²) < 4.78 is 0. The monoisotopic (exact) mass is 257 g/mol. The van der Waals surface area contributed by atoms with Crippen LogP contribution in [0.1, 0.15) is 16.7 Å². The van der Waals surface area contributed by atoms with Crippen LogP contribution in [-0.4, -0.2) is 28.4 Å². The summed E-state index contributed by atoms with van der Waals surface area (Å²) >= 11 is 0. The number of nitrogens with zero attached hydrogens (tertiary/aromatic N) is 1. The zero-order valence-corrected chi connectivity index (χ0v) is 10.9. The minimum Gasteiger partial charge on any atom is -0.502 e. The van der Waals surface area contributed by atoms with E-state index in [1.165, 1.54) is 6.08 Å². The number of aliphatic hydroxyl groups excluding tert-OH is 1. The predicted molar refractivity (Wildman–Crippen MR) is 72.4 cm³/mol. The first-order chi connectivity index (χ1) is 8.97. The predicted octanol–water partition coefficient (Wildman–Crippen LogP) is 2.13. The molecule has 1 aliphatic heterocycles. The molecule has 19 heavy (non-hydrogen) atoms. The Morgan fingerprint density at radius 3 is 2.53 bits per heavy atom. The maximum Gasteiger partial charge on any atom is 0.296 e. The molecule has 0 aromatic heterocycles. The Balaban J connectivity index is 2.52. The normalized spacial score (nSPS) is 15.4. The molecular weight excluding hydrogens is 242 g/mol. The second-order valence-corrected chi connectivity index (χ2v) is 4.55. The fourth-order valence-corrected chi connectivity index (χ4v) is 2.20. The van der Waals surface area contributed by atoms with Gasteiger partial charge in [0.05, 0.1) is 5.57 Å². The van der Waals surface area contributed by atoms with Crippen LogP contribution in [0.3, 0.4) is 0 Å². The summed E-state index contributed by atoms with van der Waals surface area (Å²) in [5.41, 5.74) is 2.57. The van der Waals surface area contributed by atoms with Crippen molar-refractivity contribution in [3.63, 3.8) is 0 Å². The van der Waals surface area contributed by atoms with Gasteiger partial charge >= 0.3 is 0 Å². The largest absolute Gasteiger partial charge is 0.502 e. The SMILES string of the molecule is C=CCN1C(=O)C(O)=C(c2ccc(C)cc2C)C1=O. The molecule has 0 spiro atoms. The van der Waals surface area contributed by atoms with Crippen molar-refractivity contribution in [3.05, 3.63) is 53.3 Å². The minimum absolute atomic E-state index is 0.0735. The smallest absolute Gasteiger partial charge is 0.296 e. The molecule has 0 unspecified atom stereocenters. The van der Waals surface area contributed by atoms with Crippen LogP contribution in [0.25, 0.3) is 5.57 Å². The molecule has 1 aliphatic rings. The number of aryl methyl sites for hydroxylation is 2. The van der Waals surface area contributed by atoms with Gasteiger partial charge in [0, 0.05) is 6.54 Å². The second kappa shape index (κ2) is 4.72. The molecule has 0 radical (unpaired) electrons. The van der Waals surface area contributed by atoms with Crippen molar-refractivity contribution in [2.45, 2.75) is 13.8 Å². The van der Waals surface area contributed by atoms with Gasteiger partial charge < -0.3 is 5.11 Å². The summed E-state index contributed by atoms with van der Waals surface area (Å²) in [4.78, 5) is 25.0. The van der Waals surface area contributed by atoms with E-state index in [1.807, 2.05) is 26.0 Å². The molecule has 2 rings (SSSR count). The maximum absolute atomic E-state index is 12.2. The third-order valence-electron chi connectivity index (χ3n) is 3.11. The van der Waals surface area contributed by atoms with Gasteiger partial charge in [-0.05, 0) is 25.0 Å². The number of imide groups is 1. The number of aliphatic hydroxyl groups is 1. The zero-order valence-electron chi connectivity index (χ0n) is 10.9. The topological polar surface area (TPSA) is 57.6 Å². The van der Waals surface area contributed by atoms with Gasteiger partial charge in [0.1, 0.15) is 0 Å². The molecule has 0 saturated carbocycles. The molecule has 2 amide bonds. The van der Waals surface area contributed by atoms with Crippen LogP contribution in [-0.2, 0) is 9.59 Å². The Labute approximate surface area is 111 Å². The summed E-state index contributed by atoms with van der Waals surface area (Å²) in [5.74, 6) is -1.63. The lowest BCUT2D eigenvalue weighted by atomic mass is 9.98. The highest BCUT2D eigenvalue weighted by molar-refractivity contribution is 6.35. The van der Waals surface area contributed by atoms with Gasteiger partial charge in [0.2, 0.25) is 0 Å². The van der Waals surface area contributed by atoms with E-state index < -0.39 is 17.6 Å². The van der Waals surface area contributed by atoms with Gasteiger partial charge in [-0.2, -0.15) is 0 Å². The molecule has 0 aliphatic carbocycles. The average molecular weight is 257 g/mol. The number of carbonyl (C=O) groups is 2. The molecule has 1 heterocycles. The molecule has 1 N–H and O–H groups in total. The van der Waals surface area contributed by atoms with Gasteiger partial charge in [-0.3, -0.25) is 14.5 Å². The lowest BCUT2D eigenvalue weighted by Gasteiger charge is -2.12. The van der Waals surface area contributed by atoms with E-state index in [1.54, 1.807) is 6.07 Å². The van der Waals surface area contributed by atoms with Crippen molar-refractivity contribution in [2.24, 2.45) is 0 Å². The summed E-state index contributed by atoms with van der Waals surface area (Å²) in [6.45, 7) is 7.38. The molecule has 98 valence electrons. The van der Waals surface area contributed by atoms with Crippen LogP contribution in [0.15, 0.2) is 36.6 Å². The highest BCUT2D eigenvalue weighted by Crippen LogP contribution is 2.30. The first-order valence-electron chi connectivity index (χ1n) is 5.95. The van der Waals surface area contributed by atoms with Crippen molar-refractivity contribution in [1.82, 2.24) is 4.90 Å². The standard InChI is InChI=1S/C15H15NO3/c1-4-7-16-14(18)12(13(17)15(16)19)11-6-5-9(2)8-10(11)3/h4-6,8,17H,1,7H2,2-3H3. The molecule has 0 atom stereocenters. The van der Waals surface area contributed by atoms with E-state index in [0.717, 1.165) is 16.0 Å². The molecule has 0 saturated heterocycles. The van der Waals surface area contributed by atoms with Crippen LogP contribution >= 0.6 is 0 Å². The van der Waals surface area contributed by atoms with E-state index in [0.29, 0.717) is 5.56 Å². The van der Waals surface area contributed by atoms with E-state index in [-0.39, 0.29) is 12.1 Å². The van der Waals surface area contributed by atoms with E-state index >= 15 is 0 Å². The van der Waals surface area contributed by atoms with Gasteiger partial charge in [0.25, 0.3) is 11.8 Å². The Morgan fingerprint density at radius 1 is 1.26 bits per heavy atom. The minimum atomic E-state index is -0.667. The van der Waals surface area contributed by atoms with Crippen LogP contribution < -0.4 is 0 Å². The number of carbonyl (C=O) groups excluding carboxylic acids is 2. The molecule has 0 bridgehead atoms. The summed E-state index contributed by atoms with van der Waals surface area (Å²) in [5, 5.41) is 9.91. The Morgan fingerprint density at radius 2 is 1.95 bits per heavy atom. The quantitative estimate of drug-likeness (QED) is 0.666. The van der Waals surface area contributed by atoms with Crippen LogP contribution in [0.4, 0.5) is 0 Å². The van der Waals surface area contributed by atoms with Crippen molar-refractivity contribution < 1.29 is 14.7 Å². The second-order valence-electron chi connectivity index (χ2n) is 4.55. The number of benzene rings is 1. The molecule has 4 heteroatoms. The van der Waals surface area contributed by atoms with Gasteiger partial charge in [-0.25, -0.2) is 0 Å². The van der Waals surface area contributed by atoms with E-state index in [4.69, 9.17) is 0 Å². The van der Waals surface area contributed by atoms with Crippen molar-refractivity contribution in [1.29, 1.82) is 0 Å². The Kier molecular flexibility index (Phi) is 3.25. The maximum atomic E-state index is 12.2. The van der Waals surface area contributed by atoms with Crippen LogP contribution in [0.5, 0.6) is 0 Å². The summed E-state index contributed by atoms with van der Waals surface area (Å²) in [6, 6.07) is 5.50. The third kappa shape index (κ3) is 2.05. The molecule has 0 fully saturated rings. The summed E-state index contributed by atoms with van der Waals surface area (Å²) in [6.07, 6.45) is 1.45. The lowest BCUT2D eigenvalue weighted by Crippen LogP contribution is -2.31. The van der Waals surface area contributed by atoms with E-state index in [9.17, 15) is 14.7 Å². The van der Waals surface area contributed by atoms with Crippen LogP contribution in [0, 0.1) is 13.8 Å². The first-order valence-corrected chi connectivity index (χ1v) is 5.95. The molecule has 4 nitrogen and oxygen atoms in total. The van der Waals surface area contributed by atoms with Crippen LogP contribution in [0.2, 0.25) is 0 Å². The van der Waals surface area contributed by atoms with Crippen molar-refractivity contribution in [3.8, 4) is 0 Å². The lowest BCUT2D eigenvalue weighted by molar-refractivity contribution is -0.137. The van der Waals surface area contributed by atoms with Crippen molar-refractivity contribution >= 4 is 17.4 Å². The van der Waals surface area contributed by atoms with Crippen molar-refractivity contribution in [2.75, 3.05) is 6.54 Å². The number of hydrogen-bond donors (Lipinski definition) is 1. The van der Waals surface area contributed by atoms with Gasteiger partial charge in [0.15, 0.2) is 5.76 Å². The van der Waals surface area contributed by atoms with Gasteiger partial charge in [-0.1, -0.05) is 29.8 Å². The summed E-state index contributed by atoms with van der Waals surface area (Å²) in [7, 11) is 0. The molecular formula is C15H15NO3. The highest BCUT2D eigenvalue weighted by atomic mass is 16.3. The fraction of sp³-hybridized carbons (Fsp3) is 0.200. The number of amides is 2. The van der Waals surface area contributed by atoms with Gasteiger partial charge in [-0.15, -0.1) is 6.58 Å². The Bertz CT molecular complexity index is 614. The molecule has 1 aromatic rings. The van der Waals surface area contributed by atoms with E-state index in [2.05, 4.69) is 6.58 Å². The first kappa shape index (κ1) is 13.1. The Hall–Kier alpha value is -2.36. The highest BCUT2D eigenvalue weighted by Gasteiger charge is 2.38. The molecule has 1 aromatic carbocycles. The third-order valence-corrected chi connectivity index (χ3v) is 3.11.